The third-order valence-electron chi connectivity index (χ3n) is 3.14. The molecule has 16 heavy (non-hydrogen) atoms. The van der Waals surface area contributed by atoms with E-state index in [0.29, 0.717) is 6.04 Å². The van der Waals surface area contributed by atoms with E-state index in [2.05, 4.69) is 43.3 Å². The normalized spacial score (nSPS) is 21.4. The van der Waals surface area contributed by atoms with Gasteiger partial charge in [0.25, 0.3) is 0 Å². The van der Waals surface area contributed by atoms with Gasteiger partial charge in [-0.1, -0.05) is 6.42 Å². The number of H-pyrrole nitrogens is 1. The summed E-state index contributed by atoms with van der Waals surface area (Å²) < 4.78 is 1.03. The molecule has 1 unspecified atom stereocenters. The second-order valence-corrected chi connectivity index (χ2v) is 5.23. The molecule has 1 aliphatic rings. The Bertz CT molecular complexity index is 500. The molecule has 1 fully saturated rings. The van der Waals surface area contributed by atoms with Crippen LogP contribution in [0.4, 0.5) is 0 Å². The molecule has 1 atom stereocenters. The van der Waals surface area contributed by atoms with Crippen molar-refractivity contribution in [2.45, 2.75) is 25.3 Å². The lowest BCUT2D eigenvalue weighted by atomic mass is 10.0. The van der Waals surface area contributed by atoms with Crippen LogP contribution >= 0.6 is 15.9 Å². The summed E-state index contributed by atoms with van der Waals surface area (Å²) in [4.78, 5) is 7.76. The zero-order chi connectivity index (χ0) is 11.0. The molecule has 2 N–H and O–H groups in total. The first-order valence-corrected chi connectivity index (χ1v) is 6.50. The predicted octanol–water partition coefficient (Wildman–Crippen LogP) is 3.14. The van der Waals surface area contributed by atoms with E-state index in [-0.39, 0.29) is 0 Å². The number of fused-ring (bicyclic) bond motifs is 1. The highest BCUT2D eigenvalue weighted by atomic mass is 79.9. The topological polar surface area (TPSA) is 40.7 Å². The van der Waals surface area contributed by atoms with Crippen LogP contribution in [-0.4, -0.2) is 16.5 Å². The number of pyridine rings is 1. The molecule has 0 radical (unpaired) electrons. The average molecular weight is 280 g/mol. The summed E-state index contributed by atoms with van der Waals surface area (Å²) >= 11 is 3.45. The van der Waals surface area contributed by atoms with Gasteiger partial charge in [-0.3, -0.25) is 0 Å². The maximum atomic E-state index is 4.37. The number of nitrogens with one attached hydrogen (secondary N) is 2. The summed E-state index contributed by atoms with van der Waals surface area (Å²) in [7, 11) is 0. The summed E-state index contributed by atoms with van der Waals surface area (Å²) in [5.74, 6) is 0. The largest absolute Gasteiger partial charge is 0.342 e. The molecule has 0 aliphatic carbocycles. The van der Waals surface area contributed by atoms with Crippen molar-refractivity contribution >= 4 is 27.0 Å². The summed E-state index contributed by atoms with van der Waals surface area (Å²) in [5, 5.41) is 4.72. The Hall–Kier alpha value is -0.870. The lowest BCUT2D eigenvalue weighted by Gasteiger charge is -2.22. The van der Waals surface area contributed by atoms with Crippen molar-refractivity contribution in [3.8, 4) is 0 Å². The van der Waals surface area contributed by atoms with Crippen molar-refractivity contribution in [1.29, 1.82) is 0 Å². The van der Waals surface area contributed by atoms with Crippen LogP contribution in [0, 0.1) is 0 Å². The molecule has 1 saturated heterocycles. The average Bonchev–Trinajstić information content (AvgIpc) is 2.73. The molecule has 2 aromatic rings. The number of hydrogen-bond donors (Lipinski definition) is 2. The minimum Gasteiger partial charge on any atom is -0.342 e. The summed E-state index contributed by atoms with van der Waals surface area (Å²) in [6.45, 7) is 1.12. The standard InChI is InChI=1S/C12H14BrN3/c13-9-5-8-6-11(16-12(8)15-7-9)10-3-1-2-4-14-10/h5-7,10,14H,1-4H2,(H,15,16). The van der Waals surface area contributed by atoms with Gasteiger partial charge in [0.15, 0.2) is 0 Å². The molecule has 2 aromatic heterocycles. The van der Waals surface area contributed by atoms with E-state index in [1.165, 1.54) is 30.3 Å². The molecular formula is C12H14BrN3. The van der Waals surface area contributed by atoms with Gasteiger partial charge in [0.1, 0.15) is 5.65 Å². The maximum absolute atomic E-state index is 4.37. The Morgan fingerprint density at radius 1 is 1.31 bits per heavy atom. The van der Waals surface area contributed by atoms with Crippen molar-refractivity contribution in [3.63, 3.8) is 0 Å². The van der Waals surface area contributed by atoms with E-state index < -0.39 is 0 Å². The second-order valence-electron chi connectivity index (χ2n) is 4.32. The SMILES string of the molecule is Brc1cnc2[nH]c(C3CCCCN3)cc2c1. The van der Waals surface area contributed by atoms with Crippen LogP contribution in [0.3, 0.4) is 0 Å². The third-order valence-corrected chi connectivity index (χ3v) is 3.58. The van der Waals surface area contributed by atoms with Gasteiger partial charge >= 0.3 is 0 Å². The number of halogens is 1. The Kier molecular flexibility index (Phi) is 2.69. The highest BCUT2D eigenvalue weighted by Crippen LogP contribution is 2.26. The van der Waals surface area contributed by atoms with Crippen LogP contribution in [-0.2, 0) is 0 Å². The van der Waals surface area contributed by atoms with E-state index in [0.717, 1.165) is 16.7 Å². The molecule has 3 heterocycles. The molecule has 0 saturated carbocycles. The number of hydrogen-bond acceptors (Lipinski definition) is 2. The van der Waals surface area contributed by atoms with E-state index in [4.69, 9.17) is 0 Å². The van der Waals surface area contributed by atoms with Crippen molar-refractivity contribution < 1.29 is 0 Å². The van der Waals surface area contributed by atoms with Crippen LogP contribution in [0.5, 0.6) is 0 Å². The highest BCUT2D eigenvalue weighted by molar-refractivity contribution is 9.10. The molecule has 3 rings (SSSR count). The molecule has 4 heteroatoms. The number of piperidine rings is 1. The molecule has 1 aliphatic heterocycles. The van der Waals surface area contributed by atoms with Crippen molar-refractivity contribution in [1.82, 2.24) is 15.3 Å². The fraction of sp³-hybridized carbons (Fsp3) is 0.417. The quantitative estimate of drug-likeness (QED) is 0.842. The van der Waals surface area contributed by atoms with Gasteiger partial charge in [-0.25, -0.2) is 4.98 Å². The van der Waals surface area contributed by atoms with E-state index in [1.807, 2.05) is 6.20 Å². The Morgan fingerprint density at radius 2 is 2.25 bits per heavy atom. The second kappa shape index (κ2) is 4.18. The van der Waals surface area contributed by atoms with Crippen molar-refractivity contribution in [2.75, 3.05) is 6.54 Å². The number of nitrogens with zero attached hydrogens (tertiary/aromatic N) is 1. The maximum Gasteiger partial charge on any atom is 0.137 e. The summed E-state index contributed by atoms with van der Waals surface area (Å²) in [5.41, 5.74) is 2.24. The van der Waals surface area contributed by atoms with Gasteiger partial charge in [0.05, 0.1) is 0 Å². The van der Waals surface area contributed by atoms with Gasteiger partial charge in [-0.2, -0.15) is 0 Å². The lowest BCUT2D eigenvalue weighted by molar-refractivity contribution is 0.407. The highest BCUT2D eigenvalue weighted by Gasteiger charge is 2.16. The van der Waals surface area contributed by atoms with Gasteiger partial charge in [-0.15, -0.1) is 0 Å². The van der Waals surface area contributed by atoms with Crippen LogP contribution in [0.25, 0.3) is 11.0 Å². The zero-order valence-corrected chi connectivity index (χ0v) is 10.5. The van der Waals surface area contributed by atoms with E-state index >= 15 is 0 Å². The Labute approximate surface area is 103 Å². The van der Waals surface area contributed by atoms with Crippen LogP contribution in [0.2, 0.25) is 0 Å². The molecule has 0 amide bonds. The van der Waals surface area contributed by atoms with Gasteiger partial charge < -0.3 is 10.3 Å². The fourth-order valence-corrected chi connectivity index (χ4v) is 2.66. The fourth-order valence-electron chi connectivity index (χ4n) is 2.31. The van der Waals surface area contributed by atoms with Crippen LogP contribution < -0.4 is 5.32 Å². The van der Waals surface area contributed by atoms with Crippen molar-refractivity contribution in [3.05, 3.63) is 28.5 Å². The van der Waals surface area contributed by atoms with Gasteiger partial charge in [-0.05, 0) is 47.4 Å². The lowest BCUT2D eigenvalue weighted by Crippen LogP contribution is -2.26. The van der Waals surface area contributed by atoms with Gasteiger partial charge in [0, 0.05) is 27.8 Å². The first-order valence-electron chi connectivity index (χ1n) is 5.70. The van der Waals surface area contributed by atoms with Crippen molar-refractivity contribution in [2.24, 2.45) is 0 Å². The number of rotatable bonds is 1. The first kappa shape index (κ1) is 10.3. The Balaban J connectivity index is 1.97. The molecule has 0 aromatic carbocycles. The zero-order valence-electron chi connectivity index (χ0n) is 8.96. The van der Waals surface area contributed by atoms with Crippen LogP contribution in [0.15, 0.2) is 22.8 Å². The minimum absolute atomic E-state index is 0.474. The smallest absolute Gasteiger partial charge is 0.137 e. The summed E-state index contributed by atoms with van der Waals surface area (Å²) in [6, 6.07) is 4.78. The first-order chi connectivity index (χ1) is 7.83. The Morgan fingerprint density at radius 3 is 3.06 bits per heavy atom. The predicted molar refractivity (Wildman–Crippen MR) is 68.4 cm³/mol. The molecular weight excluding hydrogens is 266 g/mol. The summed E-state index contributed by atoms with van der Waals surface area (Å²) in [6.07, 6.45) is 5.65. The van der Waals surface area contributed by atoms with Gasteiger partial charge in [0.2, 0.25) is 0 Å². The molecule has 84 valence electrons. The molecule has 0 spiro atoms. The monoisotopic (exact) mass is 279 g/mol. The molecule has 0 bridgehead atoms. The van der Waals surface area contributed by atoms with Crippen LogP contribution in [0.1, 0.15) is 31.0 Å². The number of aromatic nitrogens is 2. The third kappa shape index (κ3) is 1.87. The minimum atomic E-state index is 0.474. The van der Waals surface area contributed by atoms with E-state index in [1.54, 1.807) is 0 Å². The van der Waals surface area contributed by atoms with E-state index in [9.17, 15) is 0 Å². The molecule has 3 nitrogen and oxygen atoms in total. The number of aromatic amines is 1.